The van der Waals surface area contributed by atoms with Crippen LogP contribution in [-0.2, 0) is 11.0 Å². The molecule has 4 rings (SSSR count). The van der Waals surface area contributed by atoms with Crippen LogP contribution in [0.5, 0.6) is 0 Å². The van der Waals surface area contributed by atoms with Gasteiger partial charge in [-0.05, 0) is 23.3 Å². The zero-order valence-electron chi connectivity index (χ0n) is 18.9. The molecule has 0 bridgehead atoms. The number of aromatic nitrogens is 2. The van der Waals surface area contributed by atoms with E-state index in [-0.39, 0.29) is 0 Å². The number of nitrogens with zero attached hydrogens (tertiary/aromatic N) is 3. The number of anilines is 3. The Morgan fingerprint density at radius 2 is 1.38 bits per heavy atom. The monoisotopic (exact) mass is 508 g/mol. The summed E-state index contributed by atoms with van der Waals surface area (Å²) in [7, 11) is 0. The van der Waals surface area contributed by atoms with Crippen molar-refractivity contribution in [1.29, 1.82) is 0 Å². The third-order valence-corrected chi connectivity index (χ3v) is 5.32. The summed E-state index contributed by atoms with van der Waals surface area (Å²) in [6.07, 6.45) is -3.78. The first kappa shape index (κ1) is 25.1. The average molecular weight is 508 g/mol. The lowest BCUT2D eigenvalue weighted by atomic mass is 9.91. The molecule has 4 aromatic rings. The van der Waals surface area contributed by atoms with E-state index < -0.39 is 51.5 Å². The lowest BCUT2D eigenvalue weighted by Gasteiger charge is -2.19. The van der Waals surface area contributed by atoms with Gasteiger partial charge in [-0.1, -0.05) is 72.8 Å². The fraction of sp³-hybridized carbons (Fsp3) is 0.0800. The number of benzene rings is 3. The second kappa shape index (κ2) is 10.7. The van der Waals surface area contributed by atoms with E-state index in [0.717, 1.165) is 18.5 Å². The number of alkyl halides is 3. The van der Waals surface area contributed by atoms with Crippen LogP contribution in [0.2, 0.25) is 0 Å². The molecule has 0 spiro atoms. The molecule has 0 saturated carbocycles. The quantitative estimate of drug-likeness (QED) is 0.215. The van der Waals surface area contributed by atoms with Crippen molar-refractivity contribution >= 4 is 28.9 Å². The predicted molar refractivity (Wildman–Crippen MR) is 130 cm³/mol. The van der Waals surface area contributed by atoms with Gasteiger partial charge in [0.1, 0.15) is 6.33 Å². The van der Waals surface area contributed by atoms with E-state index in [9.17, 15) is 28.1 Å². The molecule has 1 aromatic heterocycles. The molecule has 3 N–H and O–H groups in total. The summed E-state index contributed by atoms with van der Waals surface area (Å²) in [5.74, 6) is -2.20. The first-order valence-electron chi connectivity index (χ1n) is 10.8. The van der Waals surface area contributed by atoms with Gasteiger partial charge in [0.05, 0.1) is 22.1 Å². The van der Waals surface area contributed by atoms with Gasteiger partial charge in [-0.15, -0.1) is 0 Å². The number of nitrogens with one attached hydrogen (secondary N) is 3. The van der Waals surface area contributed by atoms with E-state index in [2.05, 4.69) is 26.1 Å². The summed E-state index contributed by atoms with van der Waals surface area (Å²) >= 11 is 0. The molecule has 188 valence electrons. The molecule has 37 heavy (non-hydrogen) atoms. The maximum atomic E-state index is 13.4. The molecule has 1 heterocycles. The standard InChI is InChI=1S/C25H19F3N6O3/c26-25(27,28)18-13-7-8-14-19(18)31-22-21(34(36)37)23(30-15-29-22)32-33-24(35)20(16-9-3-1-4-10-16)17-11-5-2-6-12-17/h1-15,20H,(H,33,35)(H2,29,30,31,32). The fourth-order valence-corrected chi connectivity index (χ4v) is 3.68. The Bertz CT molecular complexity index is 1360. The first-order valence-corrected chi connectivity index (χ1v) is 10.8. The molecule has 12 heteroatoms. The van der Waals surface area contributed by atoms with Crippen LogP contribution < -0.4 is 16.2 Å². The van der Waals surface area contributed by atoms with Crippen LogP contribution in [0.4, 0.5) is 36.2 Å². The van der Waals surface area contributed by atoms with Crippen LogP contribution in [0.3, 0.4) is 0 Å². The maximum absolute atomic E-state index is 13.4. The summed E-state index contributed by atoms with van der Waals surface area (Å²) in [5.41, 5.74) is 4.00. The molecule has 0 fully saturated rings. The fourth-order valence-electron chi connectivity index (χ4n) is 3.68. The maximum Gasteiger partial charge on any atom is 0.418 e. The van der Waals surface area contributed by atoms with Gasteiger partial charge in [0, 0.05) is 0 Å². The molecule has 9 nitrogen and oxygen atoms in total. The number of hydrogen-bond acceptors (Lipinski definition) is 7. The predicted octanol–water partition coefficient (Wildman–Crippen LogP) is 5.42. The Morgan fingerprint density at radius 1 is 0.838 bits per heavy atom. The topological polar surface area (TPSA) is 122 Å². The number of nitro groups is 1. The highest BCUT2D eigenvalue weighted by Crippen LogP contribution is 2.38. The highest BCUT2D eigenvalue weighted by Gasteiger charge is 2.34. The van der Waals surface area contributed by atoms with Crippen LogP contribution in [-0.4, -0.2) is 20.8 Å². The van der Waals surface area contributed by atoms with Gasteiger partial charge in [0.2, 0.25) is 17.5 Å². The van der Waals surface area contributed by atoms with Gasteiger partial charge in [-0.3, -0.25) is 25.8 Å². The summed E-state index contributed by atoms with van der Waals surface area (Å²) in [5, 5.41) is 14.2. The van der Waals surface area contributed by atoms with Crippen molar-refractivity contribution in [1.82, 2.24) is 15.4 Å². The Hall–Kier alpha value is -5.00. The molecule has 0 aliphatic rings. The highest BCUT2D eigenvalue weighted by molar-refractivity contribution is 5.88. The number of carbonyl (C=O) groups is 1. The summed E-state index contributed by atoms with van der Waals surface area (Å²) < 4.78 is 40.2. The molecule has 0 atom stereocenters. The van der Waals surface area contributed by atoms with Crippen molar-refractivity contribution in [2.24, 2.45) is 0 Å². The largest absolute Gasteiger partial charge is 0.418 e. The first-order chi connectivity index (χ1) is 17.8. The van der Waals surface area contributed by atoms with E-state index in [1.165, 1.54) is 12.1 Å². The van der Waals surface area contributed by atoms with Gasteiger partial charge in [-0.2, -0.15) is 13.2 Å². The van der Waals surface area contributed by atoms with Crippen molar-refractivity contribution in [3.63, 3.8) is 0 Å². The summed E-state index contributed by atoms with van der Waals surface area (Å²) in [6, 6.07) is 22.3. The van der Waals surface area contributed by atoms with E-state index in [1.54, 1.807) is 60.7 Å². The van der Waals surface area contributed by atoms with Gasteiger partial charge in [-0.25, -0.2) is 9.97 Å². The highest BCUT2D eigenvalue weighted by atomic mass is 19.4. The smallest absolute Gasteiger partial charge is 0.334 e. The van der Waals surface area contributed by atoms with Crippen molar-refractivity contribution in [2.45, 2.75) is 12.1 Å². The van der Waals surface area contributed by atoms with Gasteiger partial charge < -0.3 is 5.32 Å². The third kappa shape index (κ3) is 5.81. The number of hydrazine groups is 1. The van der Waals surface area contributed by atoms with Crippen molar-refractivity contribution < 1.29 is 22.9 Å². The van der Waals surface area contributed by atoms with Gasteiger partial charge in [0.15, 0.2) is 0 Å². The lowest BCUT2D eigenvalue weighted by molar-refractivity contribution is -0.383. The molecular weight excluding hydrogens is 489 g/mol. The van der Waals surface area contributed by atoms with Gasteiger partial charge in [0.25, 0.3) is 0 Å². The van der Waals surface area contributed by atoms with E-state index >= 15 is 0 Å². The SMILES string of the molecule is O=C(NNc1ncnc(Nc2ccccc2C(F)(F)F)c1[N+](=O)[O-])C(c1ccccc1)c1ccccc1. The molecule has 3 aromatic carbocycles. The number of hydrogen-bond donors (Lipinski definition) is 3. The minimum atomic E-state index is -4.70. The minimum absolute atomic E-state index is 0.416. The number of rotatable bonds is 8. The molecule has 0 aliphatic heterocycles. The Labute approximate surface area is 208 Å². The number of amides is 1. The molecular formula is C25H19F3N6O3. The van der Waals surface area contributed by atoms with Crippen molar-refractivity contribution in [3.8, 4) is 0 Å². The normalized spacial score (nSPS) is 11.1. The molecule has 0 aliphatic carbocycles. The van der Waals surface area contributed by atoms with Crippen LogP contribution >= 0.6 is 0 Å². The molecule has 0 saturated heterocycles. The average Bonchev–Trinajstić information content (AvgIpc) is 2.88. The Kier molecular flexibility index (Phi) is 7.28. The van der Waals surface area contributed by atoms with Crippen LogP contribution in [0.1, 0.15) is 22.6 Å². The molecule has 0 unspecified atom stereocenters. The second-order valence-corrected chi connectivity index (χ2v) is 7.71. The van der Waals surface area contributed by atoms with Gasteiger partial charge >= 0.3 is 11.9 Å². The Balaban J connectivity index is 1.62. The number of carbonyl (C=O) groups excluding carboxylic acids is 1. The molecule has 0 radical (unpaired) electrons. The van der Waals surface area contributed by atoms with Crippen LogP contribution in [0.25, 0.3) is 0 Å². The zero-order valence-corrected chi connectivity index (χ0v) is 18.9. The van der Waals surface area contributed by atoms with Crippen molar-refractivity contribution in [3.05, 3.63) is 118 Å². The summed E-state index contributed by atoms with van der Waals surface area (Å²) in [4.78, 5) is 31.7. The molecule has 1 amide bonds. The number of para-hydroxylation sites is 1. The van der Waals surface area contributed by atoms with E-state index in [4.69, 9.17) is 0 Å². The second-order valence-electron chi connectivity index (χ2n) is 7.71. The minimum Gasteiger partial charge on any atom is -0.334 e. The lowest BCUT2D eigenvalue weighted by Crippen LogP contribution is -2.35. The Morgan fingerprint density at radius 3 is 1.95 bits per heavy atom. The van der Waals surface area contributed by atoms with E-state index in [1.807, 2.05) is 0 Å². The summed E-state index contributed by atoms with van der Waals surface area (Å²) in [6.45, 7) is 0. The van der Waals surface area contributed by atoms with Crippen molar-refractivity contribution in [2.75, 3.05) is 10.7 Å². The third-order valence-electron chi connectivity index (χ3n) is 5.32. The number of halogens is 3. The van der Waals surface area contributed by atoms with Crippen LogP contribution in [0, 0.1) is 10.1 Å². The van der Waals surface area contributed by atoms with E-state index in [0.29, 0.717) is 11.1 Å². The van der Waals surface area contributed by atoms with Crippen LogP contribution in [0.15, 0.2) is 91.3 Å². The zero-order chi connectivity index (χ0) is 26.4.